The number of anilines is 1. The minimum atomic E-state index is -0.165. The molecule has 5 heteroatoms. The number of hydrogen-bond donors (Lipinski definition) is 2. The second kappa shape index (κ2) is 6.34. The zero-order valence-electron chi connectivity index (χ0n) is 11.2. The van der Waals surface area contributed by atoms with Crippen LogP contribution in [0.25, 0.3) is 0 Å². The quantitative estimate of drug-likeness (QED) is 0.737. The first-order valence-electron chi connectivity index (χ1n) is 6.69. The van der Waals surface area contributed by atoms with E-state index in [1.54, 1.807) is 6.07 Å². The minimum absolute atomic E-state index is 0.00916. The van der Waals surface area contributed by atoms with Gasteiger partial charge in [0.05, 0.1) is 11.6 Å². The summed E-state index contributed by atoms with van der Waals surface area (Å²) >= 11 is 8.12. The van der Waals surface area contributed by atoms with Crippen molar-refractivity contribution in [3.8, 4) is 0 Å². The maximum Gasteiger partial charge on any atom is 0.233 e. The van der Waals surface area contributed by atoms with Crippen LogP contribution in [-0.2, 0) is 11.3 Å². The first-order valence-corrected chi connectivity index (χ1v) is 8.15. The third-order valence-corrected chi connectivity index (χ3v) is 4.73. The van der Waals surface area contributed by atoms with E-state index in [1.807, 2.05) is 30.3 Å². The Hall–Kier alpha value is -1.11. The van der Waals surface area contributed by atoms with Crippen LogP contribution in [0.5, 0.6) is 0 Å². The highest BCUT2D eigenvalue weighted by atomic mass is 127. The Morgan fingerprint density at radius 1 is 1.29 bits per heavy atom. The third kappa shape index (κ3) is 3.22. The minimum Gasteiger partial charge on any atom is -0.325 e. The molecule has 21 heavy (non-hydrogen) atoms. The molecule has 1 aliphatic rings. The van der Waals surface area contributed by atoms with Crippen molar-refractivity contribution in [1.29, 1.82) is 0 Å². The van der Waals surface area contributed by atoms with Gasteiger partial charge in [-0.3, -0.25) is 4.79 Å². The molecule has 1 unspecified atom stereocenters. The molecule has 0 spiro atoms. The predicted molar refractivity (Wildman–Crippen MR) is 93.7 cm³/mol. The number of halogens is 2. The topological polar surface area (TPSA) is 41.1 Å². The number of benzene rings is 2. The monoisotopic (exact) mass is 412 g/mol. The average Bonchev–Trinajstić information content (AvgIpc) is 2.49. The number of amides is 1. The lowest BCUT2D eigenvalue weighted by molar-refractivity contribution is -0.117. The second-order valence-corrected chi connectivity index (χ2v) is 6.59. The Labute approximate surface area is 142 Å². The van der Waals surface area contributed by atoms with E-state index in [9.17, 15) is 4.79 Å². The molecule has 0 bridgehead atoms. The molecule has 0 saturated carbocycles. The van der Waals surface area contributed by atoms with Gasteiger partial charge in [0.2, 0.25) is 5.91 Å². The van der Waals surface area contributed by atoms with Crippen LogP contribution >= 0.6 is 34.2 Å². The van der Waals surface area contributed by atoms with Crippen LogP contribution in [0.2, 0.25) is 5.02 Å². The molecule has 2 aromatic rings. The van der Waals surface area contributed by atoms with E-state index in [0.29, 0.717) is 11.6 Å². The molecule has 1 atom stereocenters. The first kappa shape index (κ1) is 14.8. The van der Waals surface area contributed by atoms with E-state index < -0.39 is 0 Å². The molecular formula is C16H14ClIN2O. The van der Waals surface area contributed by atoms with Gasteiger partial charge < -0.3 is 10.6 Å². The van der Waals surface area contributed by atoms with Crippen LogP contribution in [0.4, 0.5) is 5.69 Å². The Balaban J connectivity index is 1.83. The molecule has 1 aliphatic heterocycles. The Morgan fingerprint density at radius 2 is 2.10 bits per heavy atom. The highest BCUT2D eigenvalue weighted by Gasteiger charge is 2.26. The molecule has 2 aromatic carbocycles. The van der Waals surface area contributed by atoms with Gasteiger partial charge in [0.1, 0.15) is 0 Å². The van der Waals surface area contributed by atoms with E-state index in [-0.39, 0.29) is 11.8 Å². The Morgan fingerprint density at radius 3 is 2.90 bits per heavy atom. The molecular weight excluding hydrogens is 399 g/mol. The number of carbonyl (C=O) groups excluding carboxylic acids is 1. The summed E-state index contributed by atoms with van der Waals surface area (Å²) in [6.07, 6.45) is 0. The van der Waals surface area contributed by atoms with Crippen LogP contribution in [-0.4, -0.2) is 12.5 Å². The van der Waals surface area contributed by atoms with E-state index in [2.05, 4.69) is 39.3 Å². The summed E-state index contributed by atoms with van der Waals surface area (Å²) in [5, 5.41) is 6.97. The van der Waals surface area contributed by atoms with Gasteiger partial charge in [-0.15, -0.1) is 0 Å². The summed E-state index contributed by atoms with van der Waals surface area (Å²) < 4.78 is 0.936. The summed E-state index contributed by atoms with van der Waals surface area (Å²) in [6.45, 7) is 1.48. The Kier molecular flexibility index (Phi) is 4.47. The first-order chi connectivity index (χ1) is 10.1. The lowest BCUT2D eigenvalue weighted by atomic mass is 9.90. The van der Waals surface area contributed by atoms with Crippen molar-refractivity contribution in [3.05, 3.63) is 62.2 Å². The number of nitrogens with one attached hydrogen (secondary N) is 2. The van der Waals surface area contributed by atoms with Crippen molar-refractivity contribution in [2.24, 2.45) is 0 Å². The molecule has 0 aliphatic carbocycles. The molecule has 108 valence electrons. The van der Waals surface area contributed by atoms with Crippen molar-refractivity contribution in [3.63, 3.8) is 0 Å². The van der Waals surface area contributed by atoms with Gasteiger partial charge in [0.25, 0.3) is 0 Å². The summed E-state index contributed by atoms with van der Waals surface area (Å²) in [7, 11) is 0. The van der Waals surface area contributed by atoms with Crippen molar-refractivity contribution >= 4 is 45.8 Å². The van der Waals surface area contributed by atoms with Crippen LogP contribution in [0, 0.1) is 3.57 Å². The summed E-state index contributed by atoms with van der Waals surface area (Å²) in [5.74, 6) is -0.156. The van der Waals surface area contributed by atoms with Crippen LogP contribution in [0.3, 0.4) is 0 Å². The van der Waals surface area contributed by atoms with Gasteiger partial charge in [-0.05, 0) is 51.9 Å². The number of rotatable bonds is 2. The maximum absolute atomic E-state index is 12.6. The van der Waals surface area contributed by atoms with Gasteiger partial charge in [0.15, 0.2) is 0 Å². The lowest BCUT2D eigenvalue weighted by Crippen LogP contribution is -2.35. The molecule has 2 N–H and O–H groups in total. The largest absolute Gasteiger partial charge is 0.325 e. The van der Waals surface area contributed by atoms with Crippen LogP contribution in [0.15, 0.2) is 42.5 Å². The molecule has 0 fully saturated rings. The fourth-order valence-corrected chi connectivity index (χ4v) is 3.55. The number of fused-ring (bicyclic) bond motifs is 1. The highest BCUT2D eigenvalue weighted by molar-refractivity contribution is 14.1. The van der Waals surface area contributed by atoms with E-state index >= 15 is 0 Å². The van der Waals surface area contributed by atoms with Crippen molar-refractivity contribution < 1.29 is 4.79 Å². The molecule has 3 rings (SSSR count). The molecule has 0 aromatic heterocycles. The van der Waals surface area contributed by atoms with Gasteiger partial charge in [-0.2, -0.15) is 0 Å². The summed E-state index contributed by atoms with van der Waals surface area (Å²) in [4.78, 5) is 12.6. The summed E-state index contributed by atoms with van der Waals surface area (Å²) in [6, 6.07) is 13.5. The fraction of sp³-hybridized carbons (Fsp3) is 0.188. The van der Waals surface area contributed by atoms with Crippen molar-refractivity contribution in [1.82, 2.24) is 5.32 Å². The van der Waals surface area contributed by atoms with Crippen LogP contribution < -0.4 is 10.6 Å². The molecule has 0 radical (unpaired) electrons. The van der Waals surface area contributed by atoms with Gasteiger partial charge >= 0.3 is 0 Å². The van der Waals surface area contributed by atoms with E-state index in [1.165, 1.54) is 5.56 Å². The van der Waals surface area contributed by atoms with Gasteiger partial charge in [-0.25, -0.2) is 0 Å². The molecule has 0 saturated heterocycles. The number of carbonyl (C=O) groups is 1. The molecule has 3 nitrogen and oxygen atoms in total. The highest BCUT2D eigenvalue weighted by Crippen LogP contribution is 2.27. The molecule has 1 heterocycles. The van der Waals surface area contributed by atoms with Gasteiger partial charge in [0, 0.05) is 21.7 Å². The zero-order valence-corrected chi connectivity index (χ0v) is 14.1. The van der Waals surface area contributed by atoms with Crippen LogP contribution in [0.1, 0.15) is 17.0 Å². The second-order valence-electron chi connectivity index (χ2n) is 5.00. The zero-order chi connectivity index (χ0) is 14.8. The lowest BCUT2D eigenvalue weighted by Gasteiger charge is -2.25. The number of hydrogen-bond acceptors (Lipinski definition) is 2. The summed E-state index contributed by atoms with van der Waals surface area (Å²) in [5.41, 5.74) is 3.10. The SMILES string of the molecule is O=C(Nc1ccc(Cl)cc1I)C1CNCc2ccccc21. The van der Waals surface area contributed by atoms with Crippen molar-refractivity contribution in [2.75, 3.05) is 11.9 Å². The van der Waals surface area contributed by atoms with E-state index in [0.717, 1.165) is 21.4 Å². The predicted octanol–water partition coefficient (Wildman–Crippen LogP) is 3.77. The normalized spacial score (nSPS) is 17.1. The third-order valence-electron chi connectivity index (χ3n) is 3.60. The molecule has 1 amide bonds. The fourth-order valence-electron chi connectivity index (χ4n) is 2.54. The smallest absolute Gasteiger partial charge is 0.233 e. The Bertz CT molecular complexity index is 690. The van der Waals surface area contributed by atoms with E-state index in [4.69, 9.17) is 11.6 Å². The maximum atomic E-state index is 12.6. The van der Waals surface area contributed by atoms with Gasteiger partial charge in [-0.1, -0.05) is 35.9 Å². The standard InChI is InChI=1S/C16H14ClIN2O/c17-11-5-6-15(14(18)7-11)20-16(21)13-9-19-8-10-3-1-2-4-12(10)13/h1-7,13,19H,8-9H2,(H,20,21). The van der Waals surface area contributed by atoms with Crippen molar-refractivity contribution in [2.45, 2.75) is 12.5 Å². The average molecular weight is 413 g/mol.